The lowest BCUT2D eigenvalue weighted by Gasteiger charge is -2.34. The fourth-order valence-electron chi connectivity index (χ4n) is 5.45. The van der Waals surface area contributed by atoms with Crippen molar-refractivity contribution < 1.29 is 22.7 Å². The molecule has 1 aliphatic carbocycles. The second-order valence-corrected chi connectivity index (χ2v) is 14.3. The maximum Gasteiger partial charge on any atom is 0.264 e. The molecule has 1 saturated carbocycles. The van der Waals surface area contributed by atoms with Crippen molar-refractivity contribution in [3.63, 3.8) is 0 Å². The van der Waals surface area contributed by atoms with Gasteiger partial charge in [0.2, 0.25) is 11.8 Å². The molecule has 1 aliphatic rings. The summed E-state index contributed by atoms with van der Waals surface area (Å²) in [5, 5.41) is 3.89. The molecule has 3 aromatic carbocycles. The van der Waals surface area contributed by atoms with Crippen LogP contribution in [0.2, 0.25) is 10.0 Å². The minimum absolute atomic E-state index is 0.0190. The first-order chi connectivity index (χ1) is 21.6. The van der Waals surface area contributed by atoms with Crippen LogP contribution in [0.15, 0.2) is 76.5 Å². The molecule has 242 valence electrons. The predicted molar refractivity (Wildman–Crippen MR) is 182 cm³/mol. The van der Waals surface area contributed by atoms with Gasteiger partial charge in [-0.15, -0.1) is 11.8 Å². The molecule has 2 amide bonds. The third kappa shape index (κ3) is 8.67. The van der Waals surface area contributed by atoms with E-state index in [1.165, 1.54) is 28.8 Å². The van der Waals surface area contributed by atoms with Gasteiger partial charge in [-0.25, -0.2) is 8.42 Å². The Labute approximate surface area is 280 Å². The maximum absolute atomic E-state index is 14.4. The molecule has 12 heteroatoms. The fourth-order valence-corrected chi connectivity index (χ4v) is 7.75. The van der Waals surface area contributed by atoms with Crippen molar-refractivity contribution in [2.45, 2.75) is 74.4 Å². The Morgan fingerprint density at radius 2 is 1.71 bits per heavy atom. The molecule has 4 rings (SSSR count). The quantitative estimate of drug-likeness (QED) is 0.180. The molecule has 1 atom stereocenters. The number of benzene rings is 3. The number of anilines is 1. The minimum Gasteiger partial charge on any atom is -0.492 e. The van der Waals surface area contributed by atoms with Crippen molar-refractivity contribution in [2.24, 2.45) is 0 Å². The summed E-state index contributed by atoms with van der Waals surface area (Å²) in [5.41, 5.74) is 0.799. The van der Waals surface area contributed by atoms with E-state index in [0.29, 0.717) is 34.4 Å². The number of para-hydroxylation sites is 2. The summed E-state index contributed by atoms with van der Waals surface area (Å²) in [4.78, 5) is 30.4. The second-order valence-electron chi connectivity index (χ2n) is 10.8. The van der Waals surface area contributed by atoms with Crippen LogP contribution in [-0.2, 0) is 26.2 Å². The molecule has 1 N–H and O–H groups in total. The zero-order valence-corrected chi connectivity index (χ0v) is 28.8. The van der Waals surface area contributed by atoms with E-state index in [-0.39, 0.29) is 29.1 Å². The van der Waals surface area contributed by atoms with Crippen molar-refractivity contribution in [1.29, 1.82) is 0 Å². The molecule has 0 saturated heterocycles. The van der Waals surface area contributed by atoms with Gasteiger partial charge in [-0.3, -0.25) is 13.9 Å². The molecule has 0 spiro atoms. The van der Waals surface area contributed by atoms with Gasteiger partial charge in [-0.1, -0.05) is 61.2 Å². The summed E-state index contributed by atoms with van der Waals surface area (Å²) in [7, 11) is -4.25. The topological polar surface area (TPSA) is 96.0 Å². The number of ether oxygens (including phenoxy) is 1. The number of sulfonamides is 1. The lowest BCUT2D eigenvalue weighted by molar-refractivity contribution is -0.140. The van der Waals surface area contributed by atoms with Crippen molar-refractivity contribution >= 4 is 62.5 Å². The van der Waals surface area contributed by atoms with Crippen LogP contribution < -0.4 is 14.4 Å². The van der Waals surface area contributed by atoms with Crippen molar-refractivity contribution in [1.82, 2.24) is 10.2 Å². The van der Waals surface area contributed by atoms with E-state index in [1.54, 1.807) is 61.5 Å². The van der Waals surface area contributed by atoms with Crippen molar-refractivity contribution in [2.75, 3.05) is 23.7 Å². The standard InChI is InChI=1S/C33H39Cl2N3O5S2/c1-4-29(33(40)36-25-10-6-7-11-25)37(21-23-14-15-24(34)20-28(23)35)32(39)22-38(30-12-8-9-13-31(30)43-5-2)45(41,42)27-18-16-26(44-3)17-19-27/h8-9,12-20,25,29H,4-7,10-11,21-22H2,1-3H3,(H,36,40)/t29-/m0/s1. The maximum atomic E-state index is 14.4. The lowest BCUT2D eigenvalue weighted by atomic mass is 10.1. The van der Waals surface area contributed by atoms with Gasteiger partial charge >= 0.3 is 0 Å². The monoisotopic (exact) mass is 691 g/mol. The number of hydrogen-bond donors (Lipinski definition) is 1. The van der Waals surface area contributed by atoms with Crippen LogP contribution in [0.25, 0.3) is 0 Å². The summed E-state index contributed by atoms with van der Waals surface area (Å²) in [6.45, 7) is 3.33. The summed E-state index contributed by atoms with van der Waals surface area (Å²) in [6, 6.07) is 17.3. The number of carbonyl (C=O) groups is 2. The third-order valence-electron chi connectivity index (χ3n) is 7.80. The molecule has 8 nitrogen and oxygen atoms in total. The molecule has 0 heterocycles. The third-order valence-corrected chi connectivity index (χ3v) is 10.9. The highest BCUT2D eigenvalue weighted by molar-refractivity contribution is 7.98. The van der Waals surface area contributed by atoms with E-state index in [4.69, 9.17) is 27.9 Å². The van der Waals surface area contributed by atoms with Gasteiger partial charge in [0.1, 0.15) is 18.3 Å². The Hall–Kier alpha value is -2.92. The van der Waals surface area contributed by atoms with E-state index in [9.17, 15) is 18.0 Å². The van der Waals surface area contributed by atoms with E-state index in [0.717, 1.165) is 34.9 Å². The number of carbonyl (C=O) groups excluding carboxylic acids is 2. The molecule has 0 bridgehead atoms. The number of amides is 2. The largest absolute Gasteiger partial charge is 0.492 e. The van der Waals surface area contributed by atoms with E-state index >= 15 is 0 Å². The number of halogens is 2. The number of nitrogens with one attached hydrogen (secondary N) is 1. The number of rotatable bonds is 14. The highest BCUT2D eigenvalue weighted by atomic mass is 35.5. The minimum atomic E-state index is -4.25. The van der Waals surface area contributed by atoms with E-state index in [2.05, 4.69) is 5.32 Å². The summed E-state index contributed by atoms with van der Waals surface area (Å²) in [5.74, 6) is -0.528. The van der Waals surface area contributed by atoms with Crippen LogP contribution >= 0.6 is 35.0 Å². The Bertz CT molecular complexity index is 1580. The molecule has 0 aromatic heterocycles. The zero-order valence-electron chi connectivity index (χ0n) is 25.7. The molecular weight excluding hydrogens is 653 g/mol. The average molecular weight is 693 g/mol. The van der Waals surface area contributed by atoms with Crippen LogP contribution in [0, 0.1) is 0 Å². The number of nitrogens with zero attached hydrogens (tertiary/aromatic N) is 2. The zero-order chi connectivity index (χ0) is 32.6. The molecule has 0 radical (unpaired) electrons. The van der Waals surface area contributed by atoms with Crippen LogP contribution in [-0.4, -0.2) is 56.6 Å². The molecule has 0 unspecified atom stereocenters. The molecular formula is C33H39Cl2N3O5S2. The van der Waals surface area contributed by atoms with Crippen molar-refractivity contribution in [3.05, 3.63) is 82.3 Å². The van der Waals surface area contributed by atoms with Gasteiger partial charge in [0, 0.05) is 27.5 Å². The second kappa shape index (κ2) is 16.1. The Morgan fingerprint density at radius 3 is 2.33 bits per heavy atom. The normalized spacial score (nSPS) is 14.2. The van der Waals surface area contributed by atoms with Gasteiger partial charge in [-0.05, 0) is 86.5 Å². The number of hydrogen-bond acceptors (Lipinski definition) is 6. The van der Waals surface area contributed by atoms with Crippen LogP contribution in [0.1, 0.15) is 51.5 Å². The highest BCUT2D eigenvalue weighted by Gasteiger charge is 2.35. The molecule has 1 fully saturated rings. The molecule has 45 heavy (non-hydrogen) atoms. The Morgan fingerprint density at radius 1 is 1.02 bits per heavy atom. The lowest BCUT2D eigenvalue weighted by Crippen LogP contribution is -2.53. The SMILES string of the molecule is CCOc1ccccc1N(CC(=O)N(Cc1ccc(Cl)cc1Cl)[C@@H](CC)C(=O)NC1CCCC1)S(=O)(=O)c1ccc(SC)cc1. The van der Waals surface area contributed by atoms with Crippen LogP contribution in [0.5, 0.6) is 5.75 Å². The smallest absolute Gasteiger partial charge is 0.264 e. The highest BCUT2D eigenvalue weighted by Crippen LogP contribution is 2.34. The summed E-state index contributed by atoms with van der Waals surface area (Å²) >= 11 is 14.2. The Kier molecular flexibility index (Phi) is 12.5. The van der Waals surface area contributed by atoms with Gasteiger partial charge in [-0.2, -0.15) is 0 Å². The summed E-state index contributed by atoms with van der Waals surface area (Å²) < 4.78 is 35.4. The first-order valence-electron chi connectivity index (χ1n) is 15.0. The van der Waals surface area contributed by atoms with Gasteiger partial charge in [0.05, 0.1) is 17.2 Å². The van der Waals surface area contributed by atoms with Crippen LogP contribution in [0.4, 0.5) is 5.69 Å². The first kappa shape index (κ1) is 34.9. The predicted octanol–water partition coefficient (Wildman–Crippen LogP) is 7.18. The van der Waals surface area contributed by atoms with E-state index < -0.39 is 28.5 Å². The van der Waals surface area contributed by atoms with Gasteiger partial charge < -0.3 is 15.0 Å². The van der Waals surface area contributed by atoms with E-state index in [1.807, 2.05) is 13.2 Å². The number of thioether (sulfide) groups is 1. The Balaban J connectivity index is 1.77. The molecule has 0 aliphatic heterocycles. The van der Waals surface area contributed by atoms with Gasteiger partial charge in [0.25, 0.3) is 10.0 Å². The fraction of sp³-hybridized carbons (Fsp3) is 0.394. The van der Waals surface area contributed by atoms with Gasteiger partial charge in [0.15, 0.2) is 0 Å². The molecule has 3 aromatic rings. The van der Waals surface area contributed by atoms with Crippen molar-refractivity contribution in [3.8, 4) is 5.75 Å². The van der Waals surface area contributed by atoms with Crippen LogP contribution in [0.3, 0.4) is 0 Å². The first-order valence-corrected chi connectivity index (χ1v) is 18.4. The summed E-state index contributed by atoms with van der Waals surface area (Å²) in [6.07, 6.45) is 6.06. The average Bonchev–Trinajstić information content (AvgIpc) is 3.54.